The van der Waals surface area contributed by atoms with Gasteiger partial charge in [0.1, 0.15) is 0 Å². The Morgan fingerprint density at radius 1 is 1.62 bits per heavy atom. The molecular formula is C10H11BrN2O3. The van der Waals surface area contributed by atoms with Gasteiger partial charge in [0.05, 0.1) is 4.92 Å². The van der Waals surface area contributed by atoms with Gasteiger partial charge in [0.2, 0.25) is 0 Å². The molecule has 0 spiro atoms. The van der Waals surface area contributed by atoms with E-state index in [4.69, 9.17) is 0 Å². The highest BCUT2D eigenvalue weighted by molar-refractivity contribution is 9.11. The smallest absolute Gasteiger partial charge is 0.310 e. The first-order valence-corrected chi connectivity index (χ1v) is 5.30. The molecule has 1 aromatic rings. The molecule has 0 atom stereocenters. The molecule has 0 fully saturated rings. The van der Waals surface area contributed by atoms with E-state index in [9.17, 15) is 15.2 Å². The highest BCUT2D eigenvalue weighted by Crippen LogP contribution is 2.26. The van der Waals surface area contributed by atoms with Gasteiger partial charge in [-0.2, -0.15) is 0 Å². The second-order valence-electron chi connectivity index (χ2n) is 3.20. The van der Waals surface area contributed by atoms with Gasteiger partial charge in [0, 0.05) is 23.6 Å². The lowest BCUT2D eigenvalue weighted by molar-refractivity contribution is -0.385. The second-order valence-corrected chi connectivity index (χ2v) is 4.32. The summed E-state index contributed by atoms with van der Waals surface area (Å²) in [5.74, 6) is -0.318. The summed E-state index contributed by atoms with van der Waals surface area (Å²) in [6, 6.07) is 4.26. The largest absolute Gasteiger partial charge is 0.502 e. The Morgan fingerprint density at radius 3 is 2.81 bits per heavy atom. The fourth-order valence-corrected chi connectivity index (χ4v) is 1.37. The molecule has 2 N–H and O–H groups in total. The third-order valence-corrected chi connectivity index (χ3v) is 2.16. The van der Waals surface area contributed by atoms with Crippen LogP contribution < -0.4 is 5.32 Å². The lowest BCUT2D eigenvalue weighted by Gasteiger charge is -2.04. The van der Waals surface area contributed by atoms with Crippen molar-refractivity contribution in [2.24, 2.45) is 0 Å². The Hall–Kier alpha value is -1.40. The predicted molar refractivity (Wildman–Crippen MR) is 64.5 cm³/mol. The van der Waals surface area contributed by atoms with Crippen molar-refractivity contribution in [1.29, 1.82) is 0 Å². The summed E-state index contributed by atoms with van der Waals surface area (Å²) in [6.07, 6.45) is 0. The molecule has 0 aliphatic rings. The zero-order chi connectivity index (χ0) is 12.1. The molecule has 0 saturated carbocycles. The van der Waals surface area contributed by atoms with Crippen LogP contribution in [0.2, 0.25) is 0 Å². The Kier molecular flexibility index (Phi) is 4.45. The predicted octanol–water partition coefficient (Wildman–Crippen LogP) is 2.30. The first kappa shape index (κ1) is 12.7. The lowest BCUT2D eigenvalue weighted by atomic mass is 10.2. The fourth-order valence-electron chi connectivity index (χ4n) is 1.18. The lowest BCUT2D eigenvalue weighted by Crippen LogP contribution is -2.14. The third-order valence-electron chi connectivity index (χ3n) is 1.88. The number of phenolic OH excluding ortho intramolecular Hbond substituents is 1. The van der Waals surface area contributed by atoms with E-state index in [1.807, 2.05) is 0 Å². The van der Waals surface area contributed by atoms with E-state index >= 15 is 0 Å². The SMILES string of the molecule is C=C(Br)CNCc1ccc([N+](=O)[O-])c(O)c1. The topological polar surface area (TPSA) is 75.4 Å². The summed E-state index contributed by atoms with van der Waals surface area (Å²) in [4.78, 5) is 9.83. The maximum Gasteiger partial charge on any atom is 0.310 e. The van der Waals surface area contributed by atoms with Crippen molar-refractivity contribution in [1.82, 2.24) is 5.32 Å². The monoisotopic (exact) mass is 286 g/mol. The van der Waals surface area contributed by atoms with Crippen LogP contribution in [-0.2, 0) is 6.54 Å². The minimum Gasteiger partial charge on any atom is -0.502 e. The first-order valence-electron chi connectivity index (χ1n) is 4.51. The normalized spacial score (nSPS) is 10.1. The summed E-state index contributed by atoms with van der Waals surface area (Å²) in [5.41, 5.74) is 0.491. The van der Waals surface area contributed by atoms with E-state index in [0.29, 0.717) is 13.1 Å². The Labute approximate surface area is 101 Å². The van der Waals surface area contributed by atoms with Gasteiger partial charge in [0.25, 0.3) is 0 Å². The highest BCUT2D eigenvalue weighted by atomic mass is 79.9. The minimum atomic E-state index is -0.618. The Balaban J connectivity index is 2.66. The molecule has 6 heteroatoms. The molecule has 0 aliphatic heterocycles. The number of nitro groups is 1. The zero-order valence-electron chi connectivity index (χ0n) is 8.44. The number of hydrogen-bond donors (Lipinski definition) is 2. The van der Waals surface area contributed by atoms with Gasteiger partial charge in [-0.05, 0) is 11.6 Å². The summed E-state index contributed by atoms with van der Waals surface area (Å²) in [5, 5.41) is 22.9. The molecule has 0 aliphatic carbocycles. The van der Waals surface area contributed by atoms with Crippen molar-refractivity contribution in [2.45, 2.75) is 6.54 Å². The van der Waals surface area contributed by atoms with Crippen molar-refractivity contribution in [3.05, 3.63) is 44.9 Å². The molecule has 0 amide bonds. The number of benzene rings is 1. The maximum atomic E-state index is 10.4. The molecular weight excluding hydrogens is 276 g/mol. The van der Waals surface area contributed by atoms with Crippen LogP contribution in [0.25, 0.3) is 0 Å². The van der Waals surface area contributed by atoms with Crippen LogP contribution in [-0.4, -0.2) is 16.6 Å². The van der Waals surface area contributed by atoms with E-state index in [-0.39, 0.29) is 11.4 Å². The summed E-state index contributed by atoms with van der Waals surface area (Å²) >= 11 is 3.20. The Bertz CT molecular complexity index is 421. The number of nitrogens with one attached hydrogen (secondary N) is 1. The molecule has 1 aromatic carbocycles. The van der Waals surface area contributed by atoms with Gasteiger partial charge in [-0.25, -0.2) is 0 Å². The number of aromatic hydroxyl groups is 1. The first-order chi connectivity index (χ1) is 7.50. The van der Waals surface area contributed by atoms with Gasteiger partial charge < -0.3 is 10.4 Å². The minimum absolute atomic E-state index is 0.284. The van der Waals surface area contributed by atoms with Gasteiger partial charge >= 0.3 is 5.69 Å². The van der Waals surface area contributed by atoms with E-state index in [0.717, 1.165) is 10.0 Å². The summed E-state index contributed by atoms with van der Waals surface area (Å²) in [6.45, 7) is 4.76. The number of phenols is 1. The summed E-state index contributed by atoms with van der Waals surface area (Å²) < 4.78 is 0.818. The van der Waals surface area contributed by atoms with Crippen molar-refractivity contribution < 1.29 is 10.0 Å². The number of rotatable bonds is 5. The van der Waals surface area contributed by atoms with E-state index in [1.54, 1.807) is 6.07 Å². The number of nitro benzene ring substituents is 1. The van der Waals surface area contributed by atoms with E-state index < -0.39 is 4.92 Å². The maximum absolute atomic E-state index is 10.4. The molecule has 86 valence electrons. The molecule has 16 heavy (non-hydrogen) atoms. The van der Waals surface area contributed by atoms with Crippen LogP contribution in [0.5, 0.6) is 5.75 Å². The average Bonchev–Trinajstić information content (AvgIpc) is 2.16. The van der Waals surface area contributed by atoms with E-state index in [2.05, 4.69) is 27.8 Å². The highest BCUT2D eigenvalue weighted by Gasteiger charge is 2.12. The van der Waals surface area contributed by atoms with Crippen molar-refractivity contribution in [2.75, 3.05) is 6.54 Å². The zero-order valence-corrected chi connectivity index (χ0v) is 10.0. The van der Waals surface area contributed by atoms with Crippen LogP contribution in [0.4, 0.5) is 5.69 Å². The van der Waals surface area contributed by atoms with Crippen LogP contribution >= 0.6 is 15.9 Å². The van der Waals surface area contributed by atoms with Gasteiger partial charge in [-0.3, -0.25) is 10.1 Å². The molecule has 0 unspecified atom stereocenters. The molecule has 0 radical (unpaired) electrons. The standard InChI is InChI=1S/C10H11BrN2O3/c1-7(11)5-12-6-8-2-3-9(13(15)16)10(14)4-8/h2-4,12,14H,1,5-6H2. The molecule has 0 aromatic heterocycles. The molecule has 0 bridgehead atoms. The quantitative estimate of drug-likeness (QED) is 0.643. The Morgan fingerprint density at radius 2 is 2.31 bits per heavy atom. The van der Waals surface area contributed by atoms with E-state index in [1.165, 1.54) is 12.1 Å². The summed E-state index contributed by atoms with van der Waals surface area (Å²) in [7, 11) is 0. The second kappa shape index (κ2) is 5.62. The molecule has 0 saturated heterocycles. The van der Waals surface area contributed by atoms with Crippen LogP contribution in [0.1, 0.15) is 5.56 Å². The van der Waals surface area contributed by atoms with Crippen molar-refractivity contribution in [3.8, 4) is 5.75 Å². The van der Waals surface area contributed by atoms with Gasteiger partial charge in [-0.1, -0.05) is 28.6 Å². The van der Waals surface area contributed by atoms with Gasteiger partial charge in [0.15, 0.2) is 5.75 Å². The third kappa shape index (κ3) is 3.63. The molecule has 5 nitrogen and oxygen atoms in total. The molecule has 1 rings (SSSR count). The van der Waals surface area contributed by atoms with Crippen LogP contribution in [0.15, 0.2) is 29.3 Å². The van der Waals surface area contributed by atoms with Crippen molar-refractivity contribution >= 4 is 21.6 Å². The van der Waals surface area contributed by atoms with Crippen LogP contribution in [0.3, 0.4) is 0 Å². The number of hydrogen-bond acceptors (Lipinski definition) is 4. The van der Waals surface area contributed by atoms with Crippen molar-refractivity contribution in [3.63, 3.8) is 0 Å². The molecule has 0 heterocycles. The number of nitrogens with zero attached hydrogens (tertiary/aromatic N) is 1. The average molecular weight is 287 g/mol. The number of halogens is 1. The van der Waals surface area contributed by atoms with Crippen LogP contribution in [0, 0.1) is 10.1 Å². The van der Waals surface area contributed by atoms with Gasteiger partial charge in [-0.15, -0.1) is 0 Å². The fraction of sp³-hybridized carbons (Fsp3) is 0.200.